The number of halogens is 3. The van der Waals surface area contributed by atoms with E-state index in [0.29, 0.717) is 36.4 Å². The Balaban J connectivity index is 0.000000517. The highest BCUT2D eigenvalue weighted by atomic mass is 19.4. The van der Waals surface area contributed by atoms with E-state index in [0.717, 1.165) is 29.6 Å². The van der Waals surface area contributed by atoms with Gasteiger partial charge in [0.25, 0.3) is 0 Å². The van der Waals surface area contributed by atoms with Gasteiger partial charge in [-0.3, -0.25) is 9.48 Å². The van der Waals surface area contributed by atoms with Crippen LogP contribution in [-0.4, -0.2) is 73.5 Å². The molecule has 5 rings (SSSR count). The first-order valence-corrected chi connectivity index (χ1v) is 13.0. The molecule has 0 saturated carbocycles. The number of hydrogen-bond acceptors (Lipinski definition) is 8. The highest BCUT2D eigenvalue weighted by molar-refractivity contribution is 5.89. The zero-order chi connectivity index (χ0) is 30.9. The van der Waals surface area contributed by atoms with Crippen molar-refractivity contribution in [3.8, 4) is 22.8 Å². The second-order valence-electron chi connectivity index (χ2n) is 10.3. The second-order valence-corrected chi connectivity index (χ2v) is 10.3. The quantitative estimate of drug-likeness (QED) is 0.275. The van der Waals surface area contributed by atoms with E-state index in [4.69, 9.17) is 14.3 Å². The molecule has 1 fully saturated rings. The number of phenols is 2. The van der Waals surface area contributed by atoms with E-state index in [-0.39, 0.29) is 22.5 Å². The smallest absolute Gasteiger partial charge is 0.490 e. The number of likely N-dealkylation sites (tertiary alicyclic amines) is 1. The standard InChI is InChI=1S/C27H29N3O5.C2HF3O2/c1-15-9-16(2)30(28-15)13-17-5-4-6-18(10-17)24-12-22(33)26-21(32)11-20(31)25(27(26)35-24)19-7-8-29(3)14-23(19)34;3-2(4,5)1(6)7/h4-6,9-12,19,23,31-32,34H,7-8,13-14H2,1-3H3;(H,6,7)/t19-,23+;/m0./s1. The summed E-state index contributed by atoms with van der Waals surface area (Å²) in [5.74, 6) is -3.40. The molecule has 13 heteroatoms. The summed E-state index contributed by atoms with van der Waals surface area (Å²) < 4.78 is 39.9. The number of hydrogen-bond donors (Lipinski definition) is 4. The molecule has 1 saturated heterocycles. The van der Waals surface area contributed by atoms with Crippen LogP contribution in [0.15, 0.2) is 51.7 Å². The molecule has 1 aliphatic rings. The largest absolute Gasteiger partial charge is 0.507 e. The second kappa shape index (κ2) is 11.9. The summed E-state index contributed by atoms with van der Waals surface area (Å²) in [6, 6.07) is 12.2. The maximum Gasteiger partial charge on any atom is 0.490 e. The molecule has 1 aliphatic heterocycles. The SMILES string of the molecule is Cc1cc(C)n(Cc2cccc(-c3cc(=O)c4c(O)cc(O)c([C@H]5CCN(C)C[C@H]5O)c4o3)c2)n1.O=C(O)C(F)(F)F. The summed E-state index contributed by atoms with van der Waals surface area (Å²) >= 11 is 0. The molecule has 2 aromatic heterocycles. The maximum absolute atomic E-state index is 13.1. The average molecular weight is 590 g/mol. The van der Waals surface area contributed by atoms with Crippen LogP contribution in [0.3, 0.4) is 0 Å². The number of rotatable bonds is 4. The van der Waals surface area contributed by atoms with Gasteiger partial charge in [0.1, 0.15) is 28.2 Å². The number of aromatic hydroxyl groups is 2. The average Bonchev–Trinajstić information content (AvgIpc) is 3.20. The third-order valence-corrected chi connectivity index (χ3v) is 7.04. The van der Waals surface area contributed by atoms with E-state index in [1.807, 2.05) is 60.8 Å². The Kier molecular flexibility index (Phi) is 8.64. The molecule has 0 amide bonds. The number of alkyl halides is 3. The number of aliphatic hydroxyl groups excluding tert-OH is 1. The van der Waals surface area contributed by atoms with Crippen LogP contribution in [0.1, 0.15) is 34.9 Å². The van der Waals surface area contributed by atoms with Gasteiger partial charge in [-0.15, -0.1) is 0 Å². The Bertz CT molecular complexity index is 1680. The minimum atomic E-state index is -5.08. The predicted molar refractivity (Wildman–Crippen MR) is 147 cm³/mol. The number of likely N-dealkylation sites (N-methyl/N-ethyl adjacent to an activating group) is 1. The normalized spacial score (nSPS) is 17.6. The van der Waals surface area contributed by atoms with Gasteiger partial charge in [-0.1, -0.05) is 18.2 Å². The number of carboxylic acid groups (broad SMARTS) is 1. The van der Waals surface area contributed by atoms with Crippen LogP contribution in [0.5, 0.6) is 11.5 Å². The van der Waals surface area contributed by atoms with Crippen molar-refractivity contribution in [3.63, 3.8) is 0 Å². The van der Waals surface area contributed by atoms with Gasteiger partial charge < -0.3 is 29.7 Å². The first kappa shape index (κ1) is 30.6. The van der Waals surface area contributed by atoms with Crippen LogP contribution < -0.4 is 5.43 Å². The number of nitrogens with zero attached hydrogens (tertiary/aromatic N) is 3. The highest BCUT2D eigenvalue weighted by Gasteiger charge is 2.38. The van der Waals surface area contributed by atoms with Crippen molar-refractivity contribution >= 4 is 16.9 Å². The minimum absolute atomic E-state index is 0.00599. The number of aliphatic hydroxyl groups is 1. The topological polar surface area (TPSA) is 149 Å². The molecular weight excluding hydrogens is 559 g/mol. The van der Waals surface area contributed by atoms with Gasteiger partial charge in [-0.2, -0.15) is 18.3 Å². The van der Waals surface area contributed by atoms with E-state index < -0.39 is 29.6 Å². The lowest BCUT2D eigenvalue weighted by molar-refractivity contribution is -0.192. The zero-order valence-corrected chi connectivity index (χ0v) is 23.0. The molecule has 4 aromatic rings. The van der Waals surface area contributed by atoms with Crippen molar-refractivity contribution in [1.29, 1.82) is 0 Å². The van der Waals surface area contributed by atoms with Gasteiger partial charge in [-0.25, -0.2) is 4.79 Å². The number of fused-ring (bicyclic) bond motifs is 1. The van der Waals surface area contributed by atoms with Crippen LogP contribution in [0.4, 0.5) is 13.2 Å². The number of β-amino-alcohol motifs (C(OH)–C–C–N with tert-alkyl or cyclic N) is 1. The number of carboxylic acids is 1. The first-order valence-electron chi connectivity index (χ1n) is 13.0. The number of carbonyl (C=O) groups is 1. The lowest BCUT2D eigenvalue weighted by Crippen LogP contribution is -2.40. The summed E-state index contributed by atoms with van der Waals surface area (Å²) in [7, 11) is 1.92. The number of piperidine rings is 1. The van der Waals surface area contributed by atoms with Gasteiger partial charge in [0, 0.05) is 41.4 Å². The predicted octanol–water partition coefficient (Wildman–Crippen LogP) is 4.15. The van der Waals surface area contributed by atoms with Crippen LogP contribution in [0.25, 0.3) is 22.3 Å². The number of aromatic nitrogens is 2. The van der Waals surface area contributed by atoms with Crippen LogP contribution in [0.2, 0.25) is 0 Å². The van der Waals surface area contributed by atoms with E-state index in [9.17, 15) is 33.3 Å². The van der Waals surface area contributed by atoms with Crippen molar-refractivity contribution in [2.24, 2.45) is 0 Å². The molecule has 10 nitrogen and oxygen atoms in total. The molecule has 0 spiro atoms. The van der Waals surface area contributed by atoms with Gasteiger partial charge in [0.05, 0.1) is 18.3 Å². The van der Waals surface area contributed by atoms with Crippen molar-refractivity contribution in [2.75, 3.05) is 20.1 Å². The number of aliphatic carboxylic acids is 1. The molecule has 2 aromatic carbocycles. The molecule has 0 aliphatic carbocycles. The van der Waals surface area contributed by atoms with Gasteiger partial charge in [0.2, 0.25) is 0 Å². The number of aryl methyl sites for hydroxylation is 2. The van der Waals surface area contributed by atoms with Crippen LogP contribution in [0, 0.1) is 13.8 Å². The van der Waals surface area contributed by atoms with Crippen LogP contribution in [-0.2, 0) is 11.3 Å². The molecule has 0 unspecified atom stereocenters. The lowest BCUT2D eigenvalue weighted by atomic mass is 9.85. The number of benzene rings is 2. The maximum atomic E-state index is 13.1. The van der Waals surface area contributed by atoms with E-state index >= 15 is 0 Å². The third-order valence-electron chi connectivity index (χ3n) is 7.04. The van der Waals surface area contributed by atoms with Crippen molar-refractivity contribution in [1.82, 2.24) is 14.7 Å². The van der Waals surface area contributed by atoms with Crippen molar-refractivity contribution in [2.45, 2.75) is 45.0 Å². The van der Waals surface area contributed by atoms with E-state index in [1.54, 1.807) is 0 Å². The highest BCUT2D eigenvalue weighted by Crippen LogP contribution is 2.42. The Hall–Kier alpha value is -4.36. The molecule has 0 radical (unpaired) electrons. The molecule has 2 atom stereocenters. The van der Waals surface area contributed by atoms with Gasteiger partial charge >= 0.3 is 12.1 Å². The Labute approximate surface area is 237 Å². The van der Waals surface area contributed by atoms with Crippen LogP contribution >= 0.6 is 0 Å². The Morgan fingerprint density at radius 1 is 1.12 bits per heavy atom. The molecule has 4 N–H and O–H groups in total. The van der Waals surface area contributed by atoms with Gasteiger partial charge in [0.15, 0.2) is 5.43 Å². The Morgan fingerprint density at radius 3 is 2.40 bits per heavy atom. The lowest BCUT2D eigenvalue weighted by Gasteiger charge is -2.34. The summed E-state index contributed by atoms with van der Waals surface area (Å²) in [6.45, 7) is 5.68. The van der Waals surface area contributed by atoms with E-state index in [1.165, 1.54) is 6.07 Å². The molecule has 0 bridgehead atoms. The summed E-state index contributed by atoms with van der Waals surface area (Å²) in [5.41, 5.74) is 3.74. The van der Waals surface area contributed by atoms with E-state index in [2.05, 4.69) is 5.10 Å². The third kappa shape index (κ3) is 6.58. The fourth-order valence-electron chi connectivity index (χ4n) is 5.08. The molecular formula is C29H30F3N3O7. The van der Waals surface area contributed by atoms with Crippen molar-refractivity contribution < 1.29 is 42.8 Å². The minimum Gasteiger partial charge on any atom is -0.507 e. The van der Waals surface area contributed by atoms with Gasteiger partial charge in [-0.05, 0) is 51.6 Å². The fourth-order valence-corrected chi connectivity index (χ4v) is 5.08. The number of phenolic OH excluding ortho intramolecular Hbond substituents is 2. The fraction of sp³-hybridized carbons (Fsp3) is 0.345. The van der Waals surface area contributed by atoms with Crippen molar-refractivity contribution in [3.05, 3.63) is 75.2 Å². The summed E-state index contributed by atoms with van der Waals surface area (Å²) in [4.78, 5) is 24.0. The monoisotopic (exact) mass is 589 g/mol. The molecule has 3 heterocycles. The summed E-state index contributed by atoms with van der Waals surface area (Å²) in [6.07, 6.45) is -5.25. The first-order chi connectivity index (χ1) is 19.6. The zero-order valence-electron chi connectivity index (χ0n) is 23.0. The summed E-state index contributed by atoms with van der Waals surface area (Å²) in [5, 5.41) is 43.6. The molecule has 224 valence electrons. The Morgan fingerprint density at radius 2 is 1.81 bits per heavy atom. The molecule has 42 heavy (non-hydrogen) atoms.